The molecule has 4 nitrogen and oxygen atoms in total. The van der Waals surface area contributed by atoms with Gasteiger partial charge in [0.15, 0.2) is 0 Å². The van der Waals surface area contributed by atoms with E-state index in [1.54, 1.807) is 0 Å². The van der Waals surface area contributed by atoms with Gasteiger partial charge in [-0.15, -0.1) is 0 Å². The molecule has 0 aliphatic heterocycles. The van der Waals surface area contributed by atoms with Gasteiger partial charge in [-0.3, -0.25) is 9.59 Å². The summed E-state index contributed by atoms with van der Waals surface area (Å²) in [5.41, 5.74) is 2.41. The van der Waals surface area contributed by atoms with Crippen LogP contribution < -0.4 is 10.6 Å². The van der Waals surface area contributed by atoms with Gasteiger partial charge in [-0.25, -0.2) is 0 Å². The van der Waals surface area contributed by atoms with Gasteiger partial charge in [0.05, 0.1) is 6.54 Å². The zero-order valence-electron chi connectivity index (χ0n) is 13.7. The van der Waals surface area contributed by atoms with Crippen LogP contribution in [0, 0.1) is 6.92 Å². The van der Waals surface area contributed by atoms with Crippen molar-refractivity contribution in [1.82, 2.24) is 10.6 Å². The second-order valence-corrected chi connectivity index (χ2v) is 6.87. The van der Waals surface area contributed by atoms with Crippen molar-refractivity contribution in [3.05, 3.63) is 35.4 Å². The van der Waals surface area contributed by atoms with Crippen LogP contribution in [0.2, 0.25) is 0 Å². The number of amides is 2. The van der Waals surface area contributed by atoms with Crippen molar-refractivity contribution in [3.63, 3.8) is 0 Å². The monoisotopic (exact) mass is 302 g/mol. The van der Waals surface area contributed by atoms with Crippen LogP contribution in [0.5, 0.6) is 0 Å². The van der Waals surface area contributed by atoms with Crippen LogP contribution >= 0.6 is 0 Å². The summed E-state index contributed by atoms with van der Waals surface area (Å²) in [4.78, 5) is 23.4. The first kappa shape index (κ1) is 16.5. The summed E-state index contributed by atoms with van der Waals surface area (Å²) in [5.74, 6) is -0.153. The molecule has 0 aromatic heterocycles. The molecule has 1 fully saturated rings. The predicted molar refractivity (Wildman–Crippen MR) is 87.6 cm³/mol. The molecular weight excluding hydrogens is 276 g/mol. The molecule has 22 heavy (non-hydrogen) atoms. The molecule has 0 unspecified atom stereocenters. The van der Waals surface area contributed by atoms with Gasteiger partial charge in [-0.2, -0.15) is 0 Å². The SMILES string of the molecule is Cc1ccc(C(C)(C)CCC(=O)NCC(=O)NC2CC2)cc1. The van der Waals surface area contributed by atoms with Gasteiger partial charge in [-0.1, -0.05) is 43.7 Å². The maximum atomic E-state index is 11.9. The van der Waals surface area contributed by atoms with E-state index in [9.17, 15) is 9.59 Å². The highest BCUT2D eigenvalue weighted by Crippen LogP contribution is 2.28. The number of carbonyl (C=O) groups is 2. The van der Waals surface area contributed by atoms with Crippen molar-refractivity contribution < 1.29 is 9.59 Å². The summed E-state index contributed by atoms with van der Waals surface area (Å²) in [5, 5.41) is 5.56. The van der Waals surface area contributed by atoms with Gasteiger partial charge in [0, 0.05) is 12.5 Å². The van der Waals surface area contributed by atoms with E-state index in [-0.39, 0.29) is 23.8 Å². The lowest BCUT2D eigenvalue weighted by Crippen LogP contribution is -2.38. The number of hydrogen-bond donors (Lipinski definition) is 2. The number of aryl methyl sites for hydroxylation is 1. The summed E-state index contributed by atoms with van der Waals surface area (Å²) in [6.45, 7) is 6.44. The van der Waals surface area contributed by atoms with E-state index in [0.717, 1.165) is 19.3 Å². The second kappa shape index (κ2) is 6.95. The molecule has 0 radical (unpaired) electrons. The normalized spacial score (nSPS) is 14.5. The average molecular weight is 302 g/mol. The van der Waals surface area contributed by atoms with Gasteiger partial charge in [0.25, 0.3) is 0 Å². The number of rotatable bonds is 7. The van der Waals surface area contributed by atoms with Crippen molar-refractivity contribution in [2.45, 2.75) is 57.9 Å². The van der Waals surface area contributed by atoms with E-state index in [1.165, 1.54) is 11.1 Å². The van der Waals surface area contributed by atoms with Crippen LogP contribution in [0.1, 0.15) is 50.7 Å². The molecule has 120 valence electrons. The molecular formula is C18H26N2O2. The lowest BCUT2D eigenvalue weighted by molar-refractivity contribution is -0.126. The fraction of sp³-hybridized carbons (Fsp3) is 0.556. The Kier molecular flexibility index (Phi) is 5.22. The topological polar surface area (TPSA) is 58.2 Å². The van der Waals surface area contributed by atoms with Crippen molar-refractivity contribution in [2.75, 3.05) is 6.54 Å². The molecule has 0 heterocycles. The van der Waals surface area contributed by atoms with Gasteiger partial charge in [0.1, 0.15) is 0 Å². The summed E-state index contributed by atoms with van der Waals surface area (Å²) in [6, 6.07) is 8.77. The molecule has 1 aromatic rings. The lowest BCUT2D eigenvalue weighted by atomic mass is 9.80. The summed E-state index contributed by atoms with van der Waals surface area (Å²) in [6.07, 6.45) is 3.30. The highest BCUT2D eigenvalue weighted by atomic mass is 16.2. The quantitative estimate of drug-likeness (QED) is 0.813. The van der Waals surface area contributed by atoms with E-state index in [4.69, 9.17) is 0 Å². The fourth-order valence-corrected chi connectivity index (χ4v) is 2.35. The Bertz CT molecular complexity index is 531. The molecule has 0 atom stereocenters. The van der Waals surface area contributed by atoms with Crippen molar-refractivity contribution in [1.29, 1.82) is 0 Å². The van der Waals surface area contributed by atoms with Gasteiger partial charge in [0.2, 0.25) is 11.8 Å². The Labute approximate surface area is 132 Å². The number of hydrogen-bond acceptors (Lipinski definition) is 2. The Hall–Kier alpha value is -1.84. The Morgan fingerprint density at radius 2 is 1.77 bits per heavy atom. The predicted octanol–water partition coefficient (Wildman–Crippen LogP) is 2.45. The number of benzene rings is 1. The Morgan fingerprint density at radius 1 is 1.14 bits per heavy atom. The van der Waals surface area contributed by atoms with Crippen LogP contribution in [0.4, 0.5) is 0 Å². The van der Waals surface area contributed by atoms with E-state index in [2.05, 4.69) is 55.7 Å². The van der Waals surface area contributed by atoms with Crippen LogP contribution in [-0.2, 0) is 15.0 Å². The fourth-order valence-electron chi connectivity index (χ4n) is 2.35. The Morgan fingerprint density at radius 3 is 2.36 bits per heavy atom. The average Bonchev–Trinajstić information content (AvgIpc) is 3.27. The van der Waals surface area contributed by atoms with E-state index >= 15 is 0 Å². The third-order valence-corrected chi connectivity index (χ3v) is 4.20. The van der Waals surface area contributed by atoms with Crippen molar-refractivity contribution in [2.24, 2.45) is 0 Å². The summed E-state index contributed by atoms with van der Waals surface area (Å²) < 4.78 is 0. The van der Waals surface area contributed by atoms with Gasteiger partial charge in [-0.05, 0) is 37.2 Å². The second-order valence-electron chi connectivity index (χ2n) is 6.87. The van der Waals surface area contributed by atoms with Crippen molar-refractivity contribution in [3.8, 4) is 0 Å². The van der Waals surface area contributed by atoms with Crippen LogP contribution in [-0.4, -0.2) is 24.4 Å². The standard InChI is InChI=1S/C18H26N2O2/c1-13-4-6-14(7-5-13)18(2,3)11-10-16(21)19-12-17(22)20-15-8-9-15/h4-7,15H,8-12H2,1-3H3,(H,19,21)(H,20,22). The maximum Gasteiger partial charge on any atom is 0.239 e. The molecule has 2 rings (SSSR count). The molecule has 1 aliphatic carbocycles. The minimum atomic E-state index is -0.0892. The smallest absolute Gasteiger partial charge is 0.239 e. The molecule has 1 saturated carbocycles. The molecule has 0 spiro atoms. The number of carbonyl (C=O) groups excluding carboxylic acids is 2. The maximum absolute atomic E-state index is 11.9. The summed E-state index contributed by atoms with van der Waals surface area (Å²) >= 11 is 0. The van der Waals surface area contributed by atoms with Crippen molar-refractivity contribution >= 4 is 11.8 Å². The minimum absolute atomic E-state index is 0.0543. The largest absolute Gasteiger partial charge is 0.352 e. The third kappa shape index (κ3) is 5.17. The molecule has 1 aliphatic rings. The molecule has 0 saturated heterocycles. The van der Waals surface area contributed by atoms with Crippen LogP contribution in [0.3, 0.4) is 0 Å². The summed E-state index contributed by atoms with van der Waals surface area (Å²) in [7, 11) is 0. The zero-order chi connectivity index (χ0) is 16.2. The third-order valence-electron chi connectivity index (χ3n) is 4.20. The highest BCUT2D eigenvalue weighted by molar-refractivity contribution is 5.84. The highest BCUT2D eigenvalue weighted by Gasteiger charge is 2.24. The van der Waals surface area contributed by atoms with Crippen LogP contribution in [0.15, 0.2) is 24.3 Å². The molecule has 2 N–H and O–H groups in total. The lowest BCUT2D eigenvalue weighted by Gasteiger charge is -2.25. The Balaban J connectivity index is 1.74. The first-order valence-corrected chi connectivity index (χ1v) is 8.00. The molecule has 0 bridgehead atoms. The molecule has 1 aromatic carbocycles. The molecule has 2 amide bonds. The van der Waals surface area contributed by atoms with E-state index in [1.807, 2.05) is 0 Å². The molecule has 4 heteroatoms. The number of nitrogens with one attached hydrogen (secondary N) is 2. The van der Waals surface area contributed by atoms with Gasteiger partial charge >= 0.3 is 0 Å². The van der Waals surface area contributed by atoms with Gasteiger partial charge < -0.3 is 10.6 Å². The zero-order valence-corrected chi connectivity index (χ0v) is 13.7. The first-order valence-electron chi connectivity index (χ1n) is 8.00. The first-order chi connectivity index (χ1) is 10.4. The van der Waals surface area contributed by atoms with E-state index in [0.29, 0.717) is 12.5 Å². The van der Waals surface area contributed by atoms with E-state index < -0.39 is 0 Å². The van der Waals surface area contributed by atoms with Crippen LogP contribution in [0.25, 0.3) is 0 Å². The minimum Gasteiger partial charge on any atom is -0.352 e.